The van der Waals surface area contributed by atoms with E-state index in [-0.39, 0.29) is 6.09 Å². The number of nitrogens with zero attached hydrogens (tertiary/aromatic N) is 1. The highest BCUT2D eigenvalue weighted by Gasteiger charge is 2.23. The number of hydrogen-bond acceptors (Lipinski definition) is 3. The SMILES string of the molecule is CN(CC1CCCOC1)C(=O)OC(C)(C)C. The summed E-state index contributed by atoms with van der Waals surface area (Å²) in [5.41, 5.74) is -0.422. The largest absolute Gasteiger partial charge is 0.444 e. The van der Waals surface area contributed by atoms with Crippen LogP contribution in [0.15, 0.2) is 0 Å². The molecule has 1 rings (SSSR count). The normalized spacial score (nSPS) is 21.6. The Morgan fingerprint density at radius 3 is 2.69 bits per heavy atom. The van der Waals surface area contributed by atoms with Crippen molar-refractivity contribution in [1.82, 2.24) is 4.90 Å². The van der Waals surface area contributed by atoms with Gasteiger partial charge in [-0.15, -0.1) is 0 Å². The first kappa shape index (κ1) is 13.3. The second-order valence-electron chi connectivity index (χ2n) is 5.44. The molecule has 0 aromatic heterocycles. The number of amides is 1. The summed E-state index contributed by atoms with van der Waals surface area (Å²) >= 11 is 0. The van der Waals surface area contributed by atoms with Crippen molar-refractivity contribution in [3.8, 4) is 0 Å². The highest BCUT2D eigenvalue weighted by atomic mass is 16.6. The molecule has 0 N–H and O–H groups in total. The van der Waals surface area contributed by atoms with E-state index >= 15 is 0 Å². The number of carbonyl (C=O) groups excluding carboxylic acids is 1. The van der Waals surface area contributed by atoms with Crippen LogP contribution in [0, 0.1) is 5.92 Å². The maximum Gasteiger partial charge on any atom is 0.410 e. The first-order valence-corrected chi connectivity index (χ1v) is 5.90. The van der Waals surface area contributed by atoms with Gasteiger partial charge in [0, 0.05) is 26.1 Å². The van der Waals surface area contributed by atoms with Crippen LogP contribution >= 0.6 is 0 Å². The fourth-order valence-corrected chi connectivity index (χ4v) is 1.75. The van der Waals surface area contributed by atoms with E-state index in [9.17, 15) is 4.79 Å². The van der Waals surface area contributed by atoms with E-state index in [1.54, 1.807) is 11.9 Å². The summed E-state index contributed by atoms with van der Waals surface area (Å²) in [6.45, 7) is 7.96. The molecule has 1 aliphatic heterocycles. The molecular weight excluding hydrogens is 206 g/mol. The Bertz CT molecular complexity index is 229. The molecule has 0 aromatic carbocycles. The van der Waals surface area contributed by atoms with Gasteiger partial charge in [-0.05, 0) is 33.6 Å². The van der Waals surface area contributed by atoms with Gasteiger partial charge in [0.25, 0.3) is 0 Å². The van der Waals surface area contributed by atoms with E-state index < -0.39 is 5.60 Å². The maximum absolute atomic E-state index is 11.7. The molecule has 4 heteroatoms. The highest BCUT2D eigenvalue weighted by Crippen LogP contribution is 2.16. The minimum atomic E-state index is -0.422. The van der Waals surface area contributed by atoms with Crippen molar-refractivity contribution in [3.05, 3.63) is 0 Å². The lowest BCUT2D eigenvalue weighted by atomic mass is 10.0. The Balaban J connectivity index is 2.33. The highest BCUT2D eigenvalue weighted by molar-refractivity contribution is 5.67. The average molecular weight is 229 g/mol. The van der Waals surface area contributed by atoms with Gasteiger partial charge in [0.15, 0.2) is 0 Å². The van der Waals surface area contributed by atoms with E-state index in [1.807, 2.05) is 20.8 Å². The van der Waals surface area contributed by atoms with Crippen LogP contribution in [0.2, 0.25) is 0 Å². The summed E-state index contributed by atoms with van der Waals surface area (Å²) in [5, 5.41) is 0. The molecule has 0 aromatic rings. The van der Waals surface area contributed by atoms with Crippen LogP contribution in [0.25, 0.3) is 0 Å². The second kappa shape index (κ2) is 5.53. The lowest BCUT2D eigenvalue weighted by molar-refractivity contribution is 0.0130. The molecule has 0 bridgehead atoms. The van der Waals surface area contributed by atoms with Gasteiger partial charge in [-0.25, -0.2) is 4.79 Å². The molecular formula is C12H23NO3. The van der Waals surface area contributed by atoms with Crippen molar-refractivity contribution in [1.29, 1.82) is 0 Å². The molecule has 4 nitrogen and oxygen atoms in total. The topological polar surface area (TPSA) is 38.8 Å². The quantitative estimate of drug-likeness (QED) is 0.729. The number of ether oxygens (including phenoxy) is 2. The molecule has 0 aliphatic carbocycles. The summed E-state index contributed by atoms with van der Waals surface area (Å²) in [6.07, 6.45) is 1.97. The van der Waals surface area contributed by atoms with Gasteiger partial charge in [-0.3, -0.25) is 0 Å². The zero-order valence-corrected chi connectivity index (χ0v) is 10.8. The molecule has 1 aliphatic rings. The number of carbonyl (C=O) groups is 1. The summed E-state index contributed by atoms with van der Waals surface area (Å²) in [6, 6.07) is 0. The third-order valence-electron chi connectivity index (χ3n) is 2.49. The lowest BCUT2D eigenvalue weighted by Gasteiger charge is -2.29. The van der Waals surface area contributed by atoms with Crippen LogP contribution in [0.4, 0.5) is 4.79 Å². The van der Waals surface area contributed by atoms with E-state index in [0.717, 1.165) is 32.6 Å². The van der Waals surface area contributed by atoms with Gasteiger partial charge in [0.2, 0.25) is 0 Å². The molecule has 94 valence electrons. The first-order chi connectivity index (χ1) is 7.38. The van der Waals surface area contributed by atoms with Crippen molar-refractivity contribution in [2.75, 3.05) is 26.8 Å². The molecule has 1 saturated heterocycles. The fourth-order valence-electron chi connectivity index (χ4n) is 1.75. The molecule has 1 unspecified atom stereocenters. The van der Waals surface area contributed by atoms with Crippen LogP contribution in [0.1, 0.15) is 33.6 Å². The minimum absolute atomic E-state index is 0.252. The zero-order chi connectivity index (χ0) is 12.2. The van der Waals surface area contributed by atoms with E-state index in [1.165, 1.54) is 0 Å². The van der Waals surface area contributed by atoms with Crippen molar-refractivity contribution in [3.63, 3.8) is 0 Å². The van der Waals surface area contributed by atoms with E-state index in [4.69, 9.17) is 9.47 Å². The van der Waals surface area contributed by atoms with Crippen LogP contribution in [0.3, 0.4) is 0 Å². The predicted octanol–water partition coefficient (Wildman–Crippen LogP) is 2.28. The van der Waals surface area contributed by atoms with Crippen LogP contribution in [-0.4, -0.2) is 43.4 Å². The van der Waals surface area contributed by atoms with Gasteiger partial charge in [0.1, 0.15) is 5.60 Å². The molecule has 1 amide bonds. The molecule has 1 atom stereocenters. The Morgan fingerprint density at radius 2 is 2.19 bits per heavy atom. The Hall–Kier alpha value is -0.770. The molecule has 1 heterocycles. The third kappa shape index (κ3) is 4.84. The van der Waals surface area contributed by atoms with Gasteiger partial charge >= 0.3 is 6.09 Å². The van der Waals surface area contributed by atoms with E-state index in [2.05, 4.69) is 0 Å². The summed E-state index contributed by atoms with van der Waals surface area (Å²) < 4.78 is 10.7. The van der Waals surface area contributed by atoms with Gasteiger partial charge in [0.05, 0.1) is 6.61 Å². The molecule has 0 saturated carbocycles. The first-order valence-electron chi connectivity index (χ1n) is 5.90. The number of rotatable bonds is 2. The van der Waals surface area contributed by atoms with Gasteiger partial charge in [-0.2, -0.15) is 0 Å². The van der Waals surface area contributed by atoms with Crippen molar-refractivity contribution < 1.29 is 14.3 Å². The Kier molecular flexibility index (Phi) is 4.59. The Labute approximate surface area is 97.9 Å². The molecule has 1 fully saturated rings. The molecule has 16 heavy (non-hydrogen) atoms. The second-order valence-corrected chi connectivity index (χ2v) is 5.44. The van der Waals surface area contributed by atoms with Crippen LogP contribution in [-0.2, 0) is 9.47 Å². The minimum Gasteiger partial charge on any atom is -0.444 e. The predicted molar refractivity (Wildman–Crippen MR) is 62.4 cm³/mol. The van der Waals surface area contributed by atoms with E-state index in [0.29, 0.717) is 5.92 Å². The van der Waals surface area contributed by atoms with Crippen molar-refractivity contribution >= 4 is 6.09 Å². The molecule has 0 radical (unpaired) electrons. The van der Waals surface area contributed by atoms with Crippen molar-refractivity contribution in [2.24, 2.45) is 5.92 Å². The fraction of sp³-hybridized carbons (Fsp3) is 0.917. The average Bonchev–Trinajstić information content (AvgIpc) is 2.16. The Morgan fingerprint density at radius 1 is 1.50 bits per heavy atom. The van der Waals surface area contributed by atoms with Gasteiger partial charge in [-0.1, -0.05) is 0 Å². The monoisotopic (exact) mass is 229 g/mol. The summed E-state index contributed by atoms with van der Waals surface area (Å²) in [4.78, 5) is 13.3. The standard InChI is InChI=1S/C12H23NO3/c1-12(2,3)16-11(14)13(4)8-10-6-5-7-15-9-10/h10H,5-9H2,1-4H3. The maximum atomic E-state index is 11.7. The smallest absolute Gasteiger partial charge is 0.410 e. The number of hydrogen-bond donors (Lipinski definition) is 0. The van der Waals surface area contributed by atoms with Gasteiger partial charge < -0.3 is 14.4 Å². The lowest BCUT2D eigenvalue weighted by Crippen LogP contribution is -2.38. The summed E-state index contributed by atoms with van der Waals surface area (Å²) in [7, 11) is 1.78. The zero-order valence-electron chi connectivity index (χ0n) is 10.8. The van der Waals surface area contributed by atoms with Crippen molar-refractivity contribution in [2.45, 2.75) is 39.2 Å². The third-order valence-corrected chi connectivity index (χ3v) is 2.49. The molecule has 0 spiro atoms. The van der Waals surface area contributed by atoms with Crippen LogP contribution < -0.4 is 0 Å². The van der Waals surface area contributed by atoms with Crippen LogP contribution in [0.5, 0.6) is 0 Å². The summed E-state index contributed by atoms with van der Waals surface area (Å²) in [5.74, 6) is 0.450.